The Morgan fingerprint density at radius 1 is 0.744 bits per heavy atom. The van der Waals surface area contributed by atoms with Crippen molar-refractivity contribution in [3.63, 3.8) is 0 Å². The van der Waals surface area contributed by atoms with Gasteiger partial charge in [-0.3, -0.25) is 9.36 Å². The van der Waals surface area contributed by atoms with E-state index in [4.69, 9.17) is 14.9 Å². The van der Waals surface area contributed by atoms with Crippen molar-refractivity contribution in [3.05, 3.63) is 84.2 Å². The zero-order chi connectivity index (χ0) is 31.4. The summed E-state index contributed by atoms with van der Waals surface area (Å²) >= 11 is 0. The number of rotatable bonds is 11. The van der Waals surface area contributed by atoms with Crippen molar-refractivity contribution in [2.75, 3.05) is 0 Å². The third-order valence-electron chi connectivity index (χ3n) is 7.58. The number of carbonyl (C=O) groups excluding carboxylic acids is 1. The van der Waals surface area contributed by atoms with Crippen molar-refractivity contribution in [2.45, 2.75) is 105 Å². The first-order valence-electron chi connectivity index (χ1n) is 15.1. The van der Waals surface area contributed by atoms with E-state index in [9.17, 15) is 4.79 Å². The molecule has 43 heavy (non-hydrogen) atoms. The van der Waals surface area contributed by atoms with Crippen LogP contribution < -0.4 is 5.43 Å². The maximum absolute atomic E-state index is 13.6. The smallest absolute Gasteiger partial charge is 0.425 e. The molecule has 2 aromatic carbocycles. The Hall–Kier alpha value is -3.91. The highest BCUT2D eigenvalue weighted by molar-refractivity contribution is 5.68. The molecule has 0 aliphatic heterocycles. The number of nitrogens with zero attached hydrogens (tertiary/aromatic N) is 5. The molecule has 8 heteroatoms. The number of hydrogen-bond acceptors (Lipinski definition) is 5. The fourth-order valence-electron chi connectivity index (χ4n) is 4.96. The number of carbonyl (C=O) groups is 1. The Labute approximate surface area is 257 Å². The lowest BCUT2D eigenvalue weighted by molar-refractivity contribution is -0.0338. The standard InChI is InChI=1S/C35H48N6O2/c1-26-24-30(28-16-12-10-13-17-28)36-39(26)22-20-34(6,7)38-41(32(42)43-33(3,4)5)35(8,9)21-23-40-27(2)25-31(37-40)29-18-14-11-15-19-29/h10-19,24-25,38H,20-23H2,1-9H3. The number of hydrazine groups is 1. The van der Waals surface area contributed by atoms with Crippen molar-refractivity contribution in [1.29, 1.82) is 0 Å². The maximum atomic E-state index is 13.6. The van der Waals surface area contributed by atoms with E-state index in [1.807, 2.05) is 66.5 Å². The van der Waals surface area contributed by atoms with Crippen LogP contribution in [0.1, 0.15) is 72.7 Å². The molecule has 0 bridgehead atoms. The number of nitrogens with one attached hydrogen (secondary N) is 1. The minimum absolute atomic E-state index is 0.394. The molecule has 1 N–H and O–H groups in total. The second-order valence-corrected chi connectivity index (χ2v) is 13.6. The summed E-state index contributed by atoms with van der Waals surface area (Å²) < 4.78 is 9.95. The number of aromatic nitrogens is 4. The molecule has 0 fully saturated rings. The molecular formula is C35H48N6O2. The summed E-state index contributed by atoms with van der Waals surface area (Å²) in [5, 5.41) is 11.4. The van der Waals surface area contributed by atoms with Crippen molar-refractivity contribution in [1.82, 2.24) is 30.0 Å². The number of amides is 1. The van der Waals surface area contributed by atoms with Gasteiger partial charge in [-0.15, -0.1) is 0 Å². The first-order chi connectivity index (χ1) is 20.1. The Kier molecular flexibility index (Phi) is 9.50. The summed E-state index contributed by atoms with van der Waals surface area (Å²) in [5.41, 5.74) is 8.20. The van der Waals surface area contributed by atoms with Crippen molar-refractivity contribution in [3.8, 4) is 22.5 Å². The van der Waals surface area contributed by atoms with Crippen molar-refractivity contribution in [2.24, 2.45) is 0 Å². The Morgan fingerprint density at radius 2 is 1.19 bits per heavy atom. The molecule has 0 aliphatic rings. The van der Waals surface area contributed by atoms with Gasteiger partial charge in [0.2, 0.25) is 0 Å². The van der Waals surface area contributed by atoms with E-state index < -0.39 is 22.8 Å². The van der Waals surface area contributed by atoms with Crippen LogP contribution >= 0.6 is 0 Å². The lowest BCUT2D eigenvalue weighted by Gasteiger charge is -2.44. The third-order valence-corrected chi connectivity index (χ3v) is 7.58. The molecule has 0 atom stereocenters. The van der Waals surface area contributed by atoms with E-state index in [0.717, 1.165) is 40.3 Å². The molecule has 4 rings (SSSR count). The van der Waals surface area contributed by atoms with Crippen LogP contribution in [0.5, 0.6) is 0 Å². The minimum Gasteiger partial charge on any atom is -0.443 e. The highest BCUT2D eigenvalue weighted by Gasteiger charge is 2.38. The highest BCUT2D eigenvalue weighted by Crippen LogP contribution is 2.26. The fourth-order valence-corrected chi connectivity index (χ4v) is 4.96. The van der Waals surface area contributed by atoms with Gasteiger partial charge < -0.3 is 4.74 Å². The quantitative estimate of drug-likeness (QED) is 0.182. The Morgan fingerprint density at radius 3 is 1.63 bits per heavy atom. The van der Waals surface area contributed by atoms with Crippen LogP contribution in [0.4, 0.5) is 4.79 Å². The fraction of sp³-hybridized carbons (Fsp3) is 0.457. The number of aryl methyl sites for hydroxylation is 4. The summed E-state index contributed by atoms with van der Waals surface area (Å²) in [6.07, 6.45) is 1.03. The number of benzene rings is 2. The van der Waals surface area contributed by atoms with Gasteiger partial charge >= 0.3 is 6.09 Å². The van der Waals surface area contributed by atoms with Crippen LogP contribution in [0, 0.1) is 13.8 Å². The van der Waals surface area contributed by atoms with Crippen LogP contribution in [0.15, 0.2) is 72.8 Å². The number of hydrogen-bond donors (Lipinski definition) is 1. The molecule has 230 valence electrons. The van der Waals surface area contributed by atoms with E-state index in [1.165, 1.54) is 0 Å². The SMILES string of the molecule is Cc1cc(-c2ccccc2)nn1CCC(C)(C)NN(C(=O)OC(C)(C)C)C(C)(C)CCn1nc(-c2ccccc2)cc1C. The number of ether oxygens (including phenoxy) is 1. The van der Waals surface area contributed by atoms with Crippen LogP contribution in [0.3, 0.4) is 0 Å². The average molecular weight is 585 g/mol. The molecule has 1 amide bonds. The topological polar surface area (TPSA) is 77.2 Å². The van der Waals surface area contributed by atoms with E-state index >= 15 is 0 Å². The molecule has 4 aromatic rings. The van der Waals surface area contributed by atoms with E-state index in [2.05, 4.69) is 83.4 Å². The van der Waals surface area contributed by atoms with Gasteiger partial charge in [-0.25, -0.2) is 15.2 Å². The normalized spacial score (nSPS) is 12.4. The minimum atomic E-state index is -0.625. The average Bonchev–Trinajstić information content (AvgIpc) is 3.51. The third kappa shape index (κ3) is 8.57. The summed E-state index contributed by atoms with van der Waals surface area (Å²) in [7, 11) is 0. The second-order valence-electron chi connectivity index (χ2n) is 13.6. The van der Waals surface area contributed by atoms with Gasteiger partial charge in [-0.2, -0.15) is 10.2 Å². The molecule has 2 aromatic heterocycles. The first kappa shape index (κ1) is 32.0. The highest BCUT2D eigenvalue weighted by atomic mass is 16.6. The molecular weight excluding hydrogens is 536 g/mol. The van der Waals surface area contributed by atoms with Crippen molar-refractivity contribution >= 4 is 6.09 Å². The van der Waals surface area contributed by atoms with Gasteiger partial charge in [0.25, 0.3) is 0 Å². The van der Waals surface area contributed by atoms with Crippen LogP contribution in [-0.4, -0.2) is 47.3 Å². The van der Waals surface area contributed by atoms with Crippen molar-refractivity contribution < 1.29 is 9.53 Å². The summed E-state index contributed by atoms with van der Waals surface area (Å²) in [5.74, 6) is 0. The summed E-state index contributed by atoms with van der Waals surface area (Å²) in [4.78, 5) is 13.6. The molecule has 8 nitrogen and oxygen atoms in total. The predicted molar refractivity (Wildman–Crippen MR) is 173 cm³/mol. The van der Waals surface area contributed by atoms with Gasteiger partial charge in [0.05, 0.1) is 16.9 Å². The van der Waals surface area contributed by atoms with Crippen LogP contribution in [0.2, 0.25) is 0 Å². The van der Waals surface area contributed by atoms with Crippen LogP contribution in [0.25, 0.3) is 22.5 Å². The molecule has 0 unspecified atom stereocenters. The summed E-state index contributed by atoms with van der Waals surface area (Å²) in [6, 6.07) is 24.6. The molecule has 2 heterocycles. The molecule has 0 spiro atoms. The molecule has 0 saturated carbocycles. The zero-order valence-electron chi connectivity index (χ0n) is 27.3. The molecule has 0 saturated heterocycles. The molecule has 0 radical (unpaired) electrons. The Bertz CT molecular complexity index is 1500. The van der Waals surface area contributed by atoms with E-state index in [-0.39, 0.29) is 0 Å². The van der Waals surface area contributed by atoms with Gasteiger partial charge in [0.1, 0.15) is 5.60 Å². The Balaban J connectivity index is 1.48. The van der Waals surface area contributed by atoms with Crippen LogP contribution in [-0.2, 0) is 17.8 Å². The van der Waals surface area contributed by atoms with Gasteiger partial charge in [-0.1, -0.05) is 60.7 Å². The predicted octanol–water partition coefficient (Wildman–Crippen LogP) is 7.81. The largest absolute Gasteiger partial charge is 0.443 e. The zero-order valence-corrected chi connectivity index (χ0v) is 27.3. The lowest BCUT2D eigenvalue weighted by Crippen LogP contribution is -2.62. The van der Waals surface area contributed by atoms with E-state index in [0.29, 0.717) is 19.5 Å². The van der Waals surface area contributed by atoms with Gasteiger partial charge in [-0.05, 0) is 87.3 Å². The molecule has 0 aliphatic carbocycles. The summed E-state index contributed by atoms with van der Waals surface area (Å²) in [6.45, 7) is 19.6. The van der Waals surface area contributed by atoms with Gasteiger partial charge in [0.15, 0.2) is 0 Å². The lowest BCUT2D eigenvalue weighted by atomic mass is 9.98. The van der Waals surface area contributed by atoms with Gasteiger partial charge in [0, 0.05) is 41.1 Å². The second kappa shape index (κ2) is 12.8. The monoisotopic (exact) mass is 584 g/mol. The first-order valence-corrected chi connectivity index (χ1v) is 15.1. The van der Waals surface area contributed by atoms with E-state index in [1.54, 1.807) is 5.01 Å². The maximum Gasteiger partial charge on any atom is 0.425 e.